The van der Waals surface area contributed by atoms with Crippen LogP contribution in [0, 0.1) is 0 Å². The first-order valence-electron chi connectivity index (χ1n) is 6.14. The van der Waals surface area contributed by atoms with Crippen molar-refractivity contribution in [2.75, 3.05) is 13.7 Å². The zero-order valence-electron chi connectivity index (χ0n) is 11.0. The molecular weight excluding hydrogens is 212 g/mol. The maximum atomic E-state index is 5.63. The molecule has 0 radical (unpaired) electrons. The molecule has 0 amide bonds. The number of ether oxygens (including phenoxy) is 2. The molecule has 0 saturated carbocycles. The fourth-order valence-electron chi connectivity index (χ4n) is 1.71. The zero-order valence-corrected chi connectivity index (χ0v) is 11.0. The van der Waals surface area contributed by atoms with E-state index in [0.717, 1.165) is 30.9 Å². The smallest absolute Gasteiger partial charge is 0.161 e. The van der Waals surface area contributed by atoms with Gasteiger partial charge in [-0.15, -0.1) is 6.58 Å². The average Bonchev–Trinajstić information content (AvgIpc) is 2.36. The molecule has 2 nitrogen and oxygen atoms in total. The maximum Gasteiger partial charge on any atom is 0.161 e. The highest BCUT2D eigenvalue weighted by Gasteiger charge is 2.09. The van der Waals surface area contributed by atoms with Crippen molar-refractivity contribution in [1.82, 2.24) is 0 Å². The second kappa shape index (κ2) is 7.00. The van der Waals surface area contributed by atoms with Crippen molar-refractivity contribution >= 4 is 0 Å². The molecule has 1 unspecified atom stereocenters. The zero-order chi connectivity index (χ0) is 12.7. The minimum Gasteiger partial charge on any atom is -0.493 e. The van der Waals surface area contributed by atoms with Crippen molar-refractivity contribution in [3.8, 4) is 11.5 Å². The van der Waals surface area contributed by atoms with Crippen LogP contribution in [0.5, 0.6) is 11.5 Å². The van der Waals surface area contributed by atoms with Gasteiger partial charge in [-0.2, -0.15) is 0 Å². The Morgan fingerprint density at radius 2 is 2.12 bits per heavy atom. The second-order valence-corrected chi connectivity index (χ2v) is 4.18. The molecule has 17 heavy (non-hydrogen) atoms. The summed E-state index contributed by atoms with van der Waals surface area (Å²) in [5.74, 6) is 2.09. The third kappa shape index (κ3) is 3.81. The molecular formula is C15H22O2. The monoisotopic (exact) mass is 234 g/mol. The van der Waals surface area contributed by atoms with Crippen LogP contribution in [0.3, 0.4) is 0 Å². The van der Waals surface area contributed by atoms with Gasteiger partial charge in [0.25, 0.3) is 0 Å². The van der Waals surface area contributed by atoms with E-state index in [1.54, 1.807) is 7.11 Å². The molecule has 0 spiro atoms. The Morgan fingerprint density at radius 1 is 1.35 bits per heavy atom. The van der Waals surface area contributed by atoms with Crippen molar-refractivity contribution in [2.24, 2.45) is 0 Å². The van der Waals surface area contributed by atoms with Crippen LogP contribution in [0.4, 0.5) is 0 Å². The molecule has 1 aromatic carbocycles. The first-order valence-corrected chi connectivity index (χ1v) is 6.14. The summed E-state index contributed by atoms with van der Waals surface area (Å²) >= 11 is 0. The van der Waals surface area contributed by atoms with Gasteiger partial charge in [-0.3, -0.25) is 0 Å². The Kier molecular flexibility index (Phi) is 5.61. The highest BCUT2D eigenvalue weighted by molar-refractivity contribution is 5.44. The molecule has 0 aliphatic heterocycles. The van der Waals surface area contributed by atoms with E-state index in [1.165, 1.54) is 5.56 Å². The van der Waals surface area contributed by atoms with Crippen molar-refractivity contribution < 1.29 is 9.47 Å². The van der Waals surface area contributed by atoms with Gasteiger partial charge in [-0.1, -0.05) is 26.0 Å². The molecule has 0 aliphatic rings. The Labute approximate surface area is 104 Å². The Hall–Kier alpha value is -1.44. The largest absolute Gasteiger partial charge is 0.493 e. The lowest BCUT2D eigenvalue weighted by atomic mass is 9.97. The minimum absolute atomic E-state index is 0.460. The van der Waals surface area contributed by atoms with E-state index in [2.05, 4.69) is 32.6 Å². The molecule has 0 bridgehead atoms. The summed E-state index contributed by atoms with van der Waals surface area (Å²) in [6, 6.07) is 6.14. The van der Waals surface area contributed by atoms with Crippen LogP contribution in [-0.4, -0.2) is 13.7 Å². The quantitative estimate of drug-likeness (QED) is 0.659. The summed E-state index contributed by atoms with van der Waals surface area (Å²) in [7, 11) is 1.68. The number of allylic oxidation sites excluding steroid dienone is 1. The van der Waals surface area contributed by atoms with Crippen LogP contribution in [-0.2, 0) is 0 Å². The van der Waals surface area contributed by atoms with Crippen molar-refractivity contribution in [3.05, 3.63) is 36.4 Å². The van der Waals surface area contributed by atoms with E-state index in [0.29, 0.717) is 5.92 Å². The van der Waals surface area contributed by atoms with Gasteiger partial charge in [0.15, 0.2) is 11.5 Å². The number of hydrogen-bond acceptors (Lipinski definition) is 2. The van der Waals surface area contributed by atoms with Crippen LogP contribution in [0.15, 0.2) is 30.9 Å². The normalized spacial score (nSPS) is 11.9. The van der Waals surface area contributed by atoms with Gasteiger partial charge in [0, 0.05) is 0 Å². The second-order valence-electron chi connectivity index (χ2n) is 4.18. The molecule has 0 heterocycles. The fourth-order valence-corrected chi connectivity index (χ4v) is 1.71. The number of benzene rings is 1. The third-order valence-electron chi connectivity index (χ3n) is 2.74. The summed E-state index contributed by atoms with van der Waals surface area (Å²) in [5.41, 5.74) is 1.26. The summed E-state index contributed by atoms with van der Waals surface area (Å²) < 4.78 is 11.0. The molecule has 0 fully saturated rings. The van der Waals surface area contributed by atoms with Gasteiger partial charge in [0.2, 0.25) is 0 Å². The minimum atomic E-state index is 0.460. The standard InChI is InChI=1S/C15H22O2/c1-5-7-12(3)13-8-9-14(17-10-6-2)15(11-13)16-4/h5,8-9,11-12H,1,6-7,10H2,2-4H3. The van der Waals surface area contributed by atoms with Crippen LogP contribution < -0.4 is 9.47 Å². The molecule has 0 aromatic heterocycles. The lowest BCUT2D eigenvalue weighted by Gasteiger charge is -2.14. The van der Waals surface area contributed by atoms with Crippen LogP contribution in [0.25, 0.3) is 0 Å². The highest BCUT2D eigenvalue weighted by atomic mass is 16.5. The van der Waals surface area contributed by atoms with E-state index in [4.69, 9.17) is 9.47 Å². The third-order valence-corrected chi connectivity index (χ3v) is 2.74. The lowest BCUT2D eigenvalue weighted by Crippen LogP contribution is -1.99. The Morgan fingerprint density at radius 3 is 2.71 bits per heavy atom. The van der Waals surface area contributed by atoms with E-state index >= 15 is 0 Å². The van der Waals surface area contributed by atoms with Gasteiger partial charge in [0.1, 0.15) is 0 Å². The van der Waals surface area contributed by atoms with Crippen molar-refractivity contribution in [1.29, 1.82) is 0 Å². The van der Waals surface area contributed by atoms with Gasteiger partial charge in [-0.05, 0) is 36.5 Å². The van der Waals surface area contributed by atoms with E-state index in [1.807, 2.05) is 12.1 Å². The predicted octanol–water partition coefficient (Wildman–Crippen LogP) is 4.16. The summed E-state index contributed by atoms with van der Waals surface area (Å²) in [5, 5.41) is 0. The van der Waals surface area contributed by atoms with Crippen LogP contribution in [0.1, 0.15) is 38.2 Å². The molecule has 94 valence electrons. The Bertz CT molecular complexity index is 358. The van der Waals surface area contributed by atoms with Gasteiger partial charge >= 0.3 is 0 Å². The number of hydrogen-bond donors (Lipinski definition) is 0. The fraction of sp³-hybridized carbons (Fsp3) is 0.467. The summed E-state index contributed by atoms with van der Waals surface area (Å²) in [6.45, 7) is 8.76. The first-order chi connectivity index (χ1) is 8.22. The van der Waals surface area contributed by atoms with E-state index in [-0.39, 0.29) is 0 Å². The summed E-state index contributed by atoms with van der Waals surface area (Å²) in [6.07, 6.45) is 3.91. The van der Waals surface area contributed by atoms with Gasteiger partial charge < -0.3 is 9.47 Å². The topological polar surface area (TPSA) is 18.5 Å². The number of rotatable bonds is 7. The van der Waals surface area contributed by atoms with Gasteiger partial charge in [0.05, 0.1) is 13.7 Å². The van der Waals surface area contributed by atoms with Crippen LogP contribution in [0.2, 0.25) is 0 Å². The molecule has 1 aromatic rings. The molecule has 2 heteroatoms. The van der Waals surface area contributed by atoms with Crippen molar-refractivity contribution in [2.45, 2.75) is 32.6 Å². The summed E-state index contributed by atoms with van der Waals surface area (Å²) in [4.78, 5) is 0. The molecule has 1 atom stereocenters. The lowest BCUT2D eigenvalue weighted by molar-refractivity contribution is 0.294. The first kappa shape index (κ1) is 13.6. The van der Waals surface area contributed by atoms with Crippen LogP contribution >= 0.6 is 0 Å². The van der Waals surface area contributed by atoms with E-state index < -0.39 is 0 Å². The molecule has 0 saturated heterocycles. The molecule has 0 aliphatic carbocycles. The highest BCUT2D eigenvalue weighted by Crippen LogP contribution is 2.31. The average molecular weight is 234 g/mol. The van der Waals surface area contributed by atoms with E-state index in [9.17, 15) is 0 Å². The SMILES string of the molecule is C=CCC(C)c1ccc(OCCC)c(OC)c1. The van der Waals surface area contributed by atoms with Crippen molar-refractivity contribution in [3.63, 3.8) is 0 Å². The Balaban J connectivity index is 2.87. The van der Waals surface area contributed by atoms with Gasteiger partial charge in [-0.25, -0.2) is 0 Å². The predicted molar refractivity (Wildman–Crippen MR) is 72.0 cm³/mol. The number of methoxy groups -OCH3 is 1. The molecule has 1 rings (SSSR count). The maximum absolute atomic E-state index is 5.63. The molecule has 0 N–H and O–H groups in total.